The third-order valence-corrected chi connectivity index (χ3v) is 2.84. The molecule has 15 heavy (non-hydrogen) atoms. The third kappa shape index (κ3) is 3.99. The number of nitrogens with one attached hydrogen (secondary N) is 3. The van der Waals surface area contributed by atoms with Crippen molar-refractivity contribution in [2.24, 2.45) is 5.73 Å². The summed E-state index contributed by atoms with van der Waals surface area (Å²) in [7, 11) is 1.80. The van der Waals surface area contributed by atoms with E-state index < -0.39 is 0 Å². The van der Waals surface area contributed by atoms with Crippen LogP contribution < -0.4 is 11.1 Å². The Labute approximate surface area is 92.9 Å². The highest BCUT2D eigenvalue weighted by atomic mass is 32.1. The number of rotatable bonds is 3. The third-order valence-electron chi connectivity index (χ3n) is 1.91. The van der Waals surface area contributed by atoms with Gasteiger partial charge in [-0.25, -0.2) is 0 Å². The molecule has 0 aliphatic heterocycles. The smallest absolute Gasteiger partial charge is 0.197 e. The summed E-state index contributed by atoms with van der Waals surface area (Å²) >= 11 is 1.71. The maximum atomic E-state index is 7.55. The first kappa shape index (κ1) is 11.5. The van der Waals surface area contributed by atoms with Crippen LogP contribution in [-0.4, -0.2) is 30.4 Å². The van der Waals surface area contributed by atoms with E-state index in [4.69, 9.17) is 16.6 Å². The highest BCUT2D eigenvalue weighted by molar-refractivity contribution is 7.09. The van der Waals surface area contributed by atoms with Crippen molar-refractivity contribution in [1.82, 2.24) is 10.2 Å². The zero-order valence-electron chi connectivity index (χ0n) is 8.58. The molecule has 0 bridgehead atoms. The Bertz CT molecular complexity index is 332. The average Bonchev–Trinajstić information content (AvgIpc) is 2.65. The number of nitrogens with two attached hydrogens (primary N) is 1. The molecule has 6 heteroatoms. The first-order chi connectivity index (χ1) is 7.09. The second-order valence-electron chi connectivity index (χ2n) is 3.14. The molecule has 0 spiro atoms. The van der Waals surface area contributed by atoms with Gasteiger partial charge in [0.05, 0.1) is 0 Å². The van der Waals surface area contributed by atoms with Gasteiger partial charge in [-0.1, -0.05) is 6.07 Å². The minimum atomic E-state index is -0.206. The van der Waals surface area contributed by atoms with Gasteiger partial charge in [-0.3, -0.25) is 16.1 Å². The van der Waals surface area contributed by atoms with E-state index in [-0.39, 0.29) is 11.9 Å². The van der Waals surface area contributed by atoms with Crippen molar-refractivity contribution in [3.8, 4) is 0 Å². The van der Waals surface area contributed by atoms with Gasteiger partial charge in [-0.2, -0.15) is 0 Å². The predicted octanol–water partition coefficient (Wildman–Crippen LogP) is 0.640. The van der Waals surface area contributed by atoms with Crippen LogP contribution in [0.15, 0.2) is 17.5 Å². The molecule has 0 atom stereocenters. The van der Waals surface area contributed by atoms with Crippen molar-refractivity contribution in [1.29, 1.82) is 10.8 Å². The number of guanidine groups is 2. The summed E-state index contributed by atoms with van der Waals surface area (Å²) in [5.74, 6) is -0.0537. The molecule has 0 saturated carbocycles. The minimum Gasteiger partial charge on any atom is -0.370 e. The largest absolute Gasteiger partial charge is 0.370 e. The summed E-state index contributed by atoms with van der Waals surface area (Å²) in [5, 5.41) is 19.0. The molecule has 1 rings (SSSR count). The van der Waals surface area contributed by atoms with Gasteiger partial charge in [-0.15, -0.1) is 11.3 Å². The maximum Gasteiger partial charge on any atom is 0.197 e. The van der Waals surface area contributed by atoms with Crippen LogP contribution >= 0.6 is 11.3 Å². The van der Waals surface area contributed by atoms with Crippen LogP contribution in [0.4, 0.5) is 0 Å². The Hall–Kier alpha value is -1.56. The second-order valence-corrected chi connectivity index (χ2v) is 4.17. The van der Waals surface area contributed by atoms with Gasteiger partial charge in [-0.05, 0) is 17.9 Å². The van der Waals surface area contributed by atoms with Crippen LogP contribution in [0.3, 0.4) is 0 Å². The van der Waals surface area contributed by atoms with Crippen molar-refractivity contribution >= 4 is 23.3 Å². The molecule has 0 amide bonds. The fraction of sp³-hybridized carbons (Fsp3) is 0.333. The van der Waals surface area contributed by atoms with Crippen LogP contribution in [0.2, 0.25) is 0 Å². The van der Waals surface area contributed by atoms with Crippen molar-refractivity contribution in [3.05, 3.63) is 22.4 Å². The van der Waals surface area contributed by atoms with Gasteiger partial charge in [0.25, 0.3) is 0 Å². The van der Waals surface area contributed by atoms with Gasteiger partial charge < -0.3 is 10.6 Å². The summed E-state index contributed by atoms with van der Waals surface area (Å²) in [6.07, 6.45) is 0.899. The molecule has 5 nitrogen and oxygen atoms in total. The fourth-order valence-electron chi connectivity index (χ4n) is 1.07. The van der Waals surface area contributed by atoms with Gasteiger partial charge >= 0.3 is 0 Å². The van der Waals surface area contributed by atoms with Gasteiger partial charge in [0.15, 0.2) is 11.9 Å². The molecule has 82 valence electrons. The van der Waals surface area contributed by atoms with Gasteiger partial charge in [0, 0.05) is 18.5 Å². The molecule has 0 aromatic carbocycles. The molecule has 1 heterocycles. The lowest BCUT2D eigenvalue weighted by Crippen LogP contribution is -2.44. The van der Waals surface area contributed by atoms with Crippen LogP contribution in [0.25, 0.3) is 0 Å². The molecule has 1 aromatic rings. The van der Waals surface area contributed by atoms with Gasteiger partial charge in [0.1, 0.15) is 0 Å². The van der Waals surface area contributed by atoms with Crippen LogP contribution in [-0.2, 0) is 6.42 Å². The molecule has 0 saturated heterocycles. The molecular weight excluding hydrogens is 210 g/mol. The zero-order valence-corrected chi connectivity index (χ0v) is 9.40. The van der Waals surface area contributed by atoms with E-state index in [2.05, 4.69) is 11.4 Å². The van der Waals surface area contributed by atoms with E-state index in [1.54, 1.807) is 23.3 Å². The summed E-state index contributed by atoms with van der Waals surface area (Å²) < 4.78 is 0. The van der Waals surface area contributed by atoms with Gasteiger partial charge in [0.2, 0.25) is 0 Å². The molecule has 0 aliphatic carbocycles. The topological polar surface area (TPSA) is 89.0 Å². The monoisotopic (exact) mass is 225 g/mol. The number of hydrogen-bond acceptors (Lipinski definition) is 3. The maximum absolute atomic E-state index is 7.55. The lowest BCUT2D eigenvalue weighted by Gasteiger charge is -2.19. The lowest BCUT2D eigenvalue weighted by molar-refractivity contribution is 0.494. The molecule has 0 fully saturated rings. The predicted molar refractivity (Wildman–Crippen MR) is 63.4 cm³/mol. The number of likely N-dealkylation sites (N-methyl/N-ethyl adjacent to an activating group) is 1. The SMILES string of the molecule is CN(CCc1cccs1)C(=N)NC(=N)N. The van der Waals surface area contributed by atoms with E-state index in [1.165, 1.54) is 4.88 Å². The number of thiophene rings is 1. The Balaban J connectivity index is 2.32. The van der Waals surface area contributed by atoms with Crippen molar-refractivity contribution < 1.29 is 0 Å². The standard InChI is InChI=1S/C9H15N5S/c1-14(9(12)13-8(10)11)5-4-7-3-2-6-15-7/h2-3,6H,4-5H2,1H3,(H5,10,11,12,13). The van der Waals surface area contributed by atoms with Crippen LogP contribution in [0.5, 0.6) is 0 Å². The van der Waals surface area contributed by atoms with Crippen molar-refractivity contribution in [2.45, 2.75) is 6.42 Å². The minimum absolute atomic E-state index is 0.152. The second kappa shape index (κ2) is 5.35. The van der Waals surface area contributed by atoms with Crippen LogP contribution in [0.1, 0.15) is 4.88 Å². The number of nitrogens with zero attached hydrogens (tertiary/aromatic N) is 1. The first-order valence-corrected chi connectivity index (χ1v) is 5.40. The Morgan fingerprint density at radius 2 is 2.33 bits per heavy atom. The quantitative estimate of drug-likeness (QED) is 0.449. The Morgan fingerprint density at radius 3 is 2.87 bits per heavy atom. The molecule has 5 N–H and O–H groups in total. The molecule has 0 radical (unpaired) electrons. The molecule has 1 aromatic heterocycles. The van der Waals surface area contributed by atoms with E-state index in [0.29, 0.717) is 0 Å². The van der Waals surface area contributed by atoms with E-state index in [0.717, 1.165) is 13.0 Å². The summed E-state index contributed by atoms with van der Waals surface area (Å²) in [6, 6.07) is 4.08. The van der Waals surface area contributed by atoms with Crippen molar-refractivity contribution in [3.63, 3.8) is 0 Å². The normalized spacial score (nSPS) is 9.67. The first-order valence-electron chi connectivity index (χ1n) is 4.52. The number of hydrogen-bond donors (Lipinski definition) is 4. The van der Waals surface area contributed by atoms with E-state index in [1.807, 2.05) is 11.4 Å². The van der Waals surface area contributed by atoms with E-state index in [9.17, 15) is 0 Å². The highest BCUT2D eigenvalue weighted by Gasteiger charge is 2.05. The Morgan fingerprint density at radius 1 is 1.60 bits per heavy atom. The summed E-state index contributed by atoms with van der Waals surface area (Å²) in [5.41, 5.74) is 5.13. The summed E-state index contributed by atoms with van der Waals surface area (Å²) in [6.45, 7) is 0.736. The van der Waals surface area contributed by atoms with Crippen LogP contribution in [0, 0.1) is 10.8 Å². The molecule has 0 aliphatic rings. The fourth-order valence-corrected chi connectivity index (χ4v) is 1.77. The highest BCUT2D eigenvalue weighted by Crippen LogP contribution is 2.09. The summed E-state index contributed by atoms with van der Waals surface area (Å²) in [4.78, 5) is 3.01. The zero-order chi connectivity index (χ0) is 11.3. The lowest BCUT2D eigenvalue weighted by atomic mass is 10.3. The molecular formula is C9H15N5S. The Kier molecular flexibility index (Phi) is 4.11. The van der Waals surface area contributed by atoms with E-state index >= 15 is 0 Å². The van der Waals surface area contributed by atoms with Crippen molar-refractivity contribution in [2.75, 3.05) is 13.6 Å². The molecule has 0 unspecified atom stereocenters. The average molecular weight is 225 g/mol.